The number of benzene rings is 1. The topological polar surface area (TPSA) is 58.6 Å². The standard InChI is InChI=1S/C12H14ClNO3/c13-10-7-9(1-2-11(10)15)14-12(16)8-3-5-17-6-4-8/h1-2,7-8,15H,3-6H2,(H,14,16). The lowest BCUT2D eigenvalue weighted by atomic mass is 9.99. The van der Waals surface area contributed by atoms with Crippen molar-refractivity contribution in [2.45, 2.75) is 12.8 Å². The molecule has 1 amide bonds. The third kappa shape index (κ3) is 3.11. The first-order valence-corrected chi connectivity index (χ1v) is 5.92. The highest BCUT2D eigenvalue weighted by Gasteiger charge is 2.21. The van der Waals surface area contributed by atoms with Crippen molar-refractivity contribution in [1.82, 2.24) is 0 Å². The van der Waals surface area contributed by atoms with Gasteiger partial charge in [-0.15, -0.1) is 0 Å². The molecule has 1 aliphatic heterocycles. The van der Waals surface area contributed by atoms with Gasteiger partial charge in [-0.2, -0.15) is 0 Å². The predicted molar refractivity (Wildman–Crippen MR) is 65.3 cm³/mol. The Hall–Kier alpha value is -1.26. The highest BCUT2D eigenvalue weighted by atomic mass is 35.5. The van der Waals surface area contributed by atoms with Crippen LogP contribution in [0.1, 0.15) is 12.8 Å². The number of carbonyl (C=O) groups is 1. The third-order valence-electron chi connectivity index (χ3n) is 2.81. The summed E-state index contributed by atoms with van der Waals surface area (Å²) in [4.78, 5) is 11.9. The molecule has 1 aromatic rings. The highest BCUT2D eigenvalue weighted by Crippen LogP contribution is 2.26. The summed E-state index contributed by atoms with van der Waals surface area (Å²) in [5, 5.41) is 12.3. The number of ether oxygens (including phenoxy) is 1. The van der Waals surface area contributed by atoms with Crippen molar-refractivity contribution < 1.29 is 14.6 Å². The Morgan fingerprint density at radius 2 is 2.12 bits per heavy atom. The van der Waals surface area contributed by atoms with Gasteiger partial charge in [0, 0.05) is 24.8 Å². The van der Waals surface area contributed by atoms with Crippen molar-refractivity contribution in [2.24, 2.45) is 5.92 Å². The number of hydrogen-bond acceptors (Lipinski definition) is 3. The SMILES string of the molecule is O=C(Nc1ccc(O)c(Cl)c1)C1CCOCC1. The first kappa shape index (κ1) is 12.2. The summed E-state index contributed by atoms with van der Waals surface area (Å²) in [6, 6.07) is 4.62. The minimum Gasteiger partial charge on any atom is -0.506 e. The van der Waals surface area contributed by atoms with E-state index in [0.717, 1.165) is 12.8 Å². The molecule has 2 N–H and O–H groups in total. The molecule has 92 valence electrons. The molecule has 2 rings (SSSR count). The molecule has 0 bridgehead atoms. The highest BCUT2D eigenvalue weighted by molar-refractivity contribution is 6.32. The smallest absolute Gasteiger partial charge is 0.227 e. The number of anilines is 1. The van der Waals surface area contributed by atoms with Crippen molar-refractivity contribution in [3.05, 3.63) is 23.2 Å². The maximum Gasteiger partial charge on any atom is 0.227 e. The molecule has 1 fully saturated rings. The van der Waals surface area contributed by atoms with E-state index in [1.165, 1.54) is 12.1 Å². The van der Waals surface area contributed by atoms with Crippen LogP contribution in [0.4, 0.5) is 5.69 Å². The van der Waals surface area contributed by atoms with E-state index in [2.05, 4.69) is 5.32 Å². The van der Waals surface area contributed by atoms with Gasteiger partial charge in [0.25, 0.3) is 0 Å². The molecule has 0 saturated carbocycles. The molecule has 17 heavy (non-hydrogen) atoms. The van der Waals surface area contributed by atoms with Crippen molar-refractivity contribution in [3.63, 3.8) is 0 Å². The lowest BCUT2D eigenvalue weighted by Crippen LogP contribution is -2.28. The molecule has 1 heterocycles. The lowest BCUT2D eigenvalue weighted by molar-refractivity contribution is -0.122. The van der Waals surface area contributed by atoms with Gasteiger partial charge in [0.1, 0.15) is 5.75 Å². The molecule has 4 nitrogen and oxygen atoms in total. The van der Waals surface area contributed by atoms with Gasteiger partial charge < -0.3 is 15.2 Å². The minimum atomic E-state index is -0.0185. The van der Waals surface area contributed by atoms with Gasteiger partial charge in [0.05, 0.1) is 5.02 Å². The number of amides is 1. The number of hydrogen-bond donors (Lipinski definition) is 2. The Morgan fingerprint density at radius 3 is 2.76 bits per heavy atom. The average molecular weight is 256 g/mol. The Bertz CT molecular complexity index is 416. The zero-order valence-electron chi connectivity index (χ0n) is 9.28. The summed E-state index contributed by atoms with van der Waals surface area (Å²) < 4.78 is 5.20. The molecule has 0 unspecified atom stereocenters. The summed E-state index contributed by atoms with van der Waals surface area (Å²) in [6.45, 7) is 1.27. The molecule has 1 aliphatic rings. The Kier molecular flexibility index (Phi) is 3.86. The second-order valence-corrected chi connectivity index (χ2v) is 4.45. The molecule has 0 aromatic heterocycles. The maximum atomic E-state index is 11.9. The number of phenolic OH excluding ortho intramolecular Hbond substituents is 1. The summed E-state index contributed by atoms with van der Waals surface area (Å²) >= 11 is 5.76. The molecular weight excluding hydrogens is 242 g/mol. The van der Waals surface area contributed by atoms with Crippen LogP contribution in [0.25, 0.3) is 0 Å². The van der Waals surface area contributed by atoms with Crippen LogP contribution in [0, 0.1) is 5.92 Å². The van der Waals surface area contributed by atoms with E-state index < -0.39 is 0 Å². The zero-order valence-corrected chi connectivity index (χ0v) is 10.0. The van der Waals surface area contributed by atoms with Crippen LogP contribution in [0.5, 0.6) is 5.75 Å². The zero-order chi connectivity index (χ0) is 12.3. The number of phenols is 1. The van der Waals surface area contributed by atoms with E-state index >= 15 is 0 Å². The van der Waals surface area contributed by atoms with Gasteiger partial charge in [-0.25, -0.2) is 0 Å². The number of carbonyl (C=O) groups excluding carboxylic acids is 1. The number of rotatable bonds is 2. The van der Waals surface area contributed by atoms with E-state index in [1.807, 2.05) is 0 Å². The largest absolute Gasteiger partial charge is 0.506 e. The molecule has 0 atom stereocenters. The van der Waals surface area contributed by atoms with Crippen molar-refractivity contribution in [3.8, 4) is 5.75 Å². The van der Waals surface area contributed by atoms with Crippen molar-refractivity contribution >= 4 is 23.2 Å². The van der Waals surface area contributed by atoms with Crippen molar-refractivity contribution in [1.29, 1.82) is 0 Å². The van der Waals surface area contributed by atoms with E-state index in [9.17, 15) is 9.90 Å². The summed E-state index contributed by atoms with van der Waals surface area (Å²) in [7, 11) is 0. The normalized spacial score (nSPS) is 16.8. The van der Waals surface area contributed by atoms with Gasteiger partial charge >= 0.3 is 0 Å². The number of aromatic hydroxyl groups is 1. The average Bonchev–Trinajstić information content (AvgIpc) is 2.35. The molecule has 1 aromatic carbocycles. The van der Waals surface area contributed by atoms with E-state index in [1.54, 1.807) is 6.07 Å². The van der Waals surface area contributed by atoms with E-state index in [-0.39, 0.29) is 22.6 Å². The quantitative estimate of drug-likeness (QED) is 0.798. The fourth-order valence-corrected chi connectivity index (χ4v) is 1.97. The Balaban J connectivity index is 1.99. The molecule has 1 saturated heterocycles. The second-order valence-electron chi connectivity index (χ2n) is 4.04. The molecule has 0 spiro atoms. The summed E-state index contributed by atoms with van der Waals surface area (Å²) in [6.07, 6.45) is 1.50. The van der Waals surface area contributed by atoms with Crippen LogP contribution in [0.2, 0.25) is 5.02 Å². The maximum absolute atomic E-state index is 11.9. The van der Waals surface area contributed by atoms with Gasteiger partial charge in [-0.3, -0.25) is 4.79 Å². The van der Waals surface area contributed by atoms with E-state index in [0.29, 0.717) is 18.9 Å². The first-order valence-electron chi connectivity index (χ1n) is 5.54. The van der Waals surface area contributed by atoms with E-state index in [4.69, 9.17) is 16.3 Å². The minimum absolute atomic E-state index is 0.00340. The molecular formula is C12H14ClNO3. The number of nitrogens with one attached hydrogen (secondary N) is 1. The van der Waals surface area contributed by atoms with Gasteiger partial charge in [-0.05, 0) is 31.0 Å². The lowest BCUT2D eigenvalue weighted by Gasteiger charge is -2.21. The molecule has 0 aliphatic carbocycles. The van der Waals surface area contributed by atoms with Crippen LogP contribution < -0.4 is 5.32 Å². The first-order chi connectivity index (χ1) is 8.16. The van der Waals surface area contributed by atoms with Crippen LogP contribution in [0.15, 0.2) is 18.2 Å². The fraction of sp³-hybridized carbons (Fsp3) is 0.417. The third-order valence-corrected chi connectivity index (χ3v) is 3.11. The second kappa shape index (κ2) is 5.38. The van der Waals surface area contributed by atoms with Crippen LogP contribution in [-0.4, -0.2) is 24.2 Å². The van der Waals surface area contributed by atoms with Gasteiger partial charge in [0.15, 0.2) is 0 Å². The monoisotopic (exact) mass is 255 g/mol. The Morgan fingerprint density at radius 1 is 1.41 bits per heavy atom. The van der Waals surface area contributed by atoms with Crippen molar-refractivity contribution in [2.75, 3.05) is 18.5 Å². The molecule has 5 heteroatoms. The Labute approximate surface area is 105 Å². The number of halogens is 1. The predicted octanol–water partition coefficient (Wildman–Crippen LogP) is 2.41. The van der Waals surface area contributed by atoms with Crippen LogP contribution in [-0.2, 0) is 9.53 Å². The fourth-order valence-electron chi connectivity index (χ4n) is 1.79. The summed E-state index contributed by atoms with van der Waals surface area (Å²) in [5.74, 6) is -0.0119. The van der Waals surface area contributed by atoms with Crippen LogP contribution in [0.3, 0.4) is 0 Å². The van der Waals surface area contributed by atoms with Crippen LogP contribution >= 0.6 is 11.6 Å². The summed E-state index contributed by atoms with van der Waals surface area (Å²) in [5.41, 5.74) is 0.601. The van der Waals surface area contributed by atoms with Gasteiger partial charge in [-0.1, -0.05) is 11.6 Å². The van der Waals surface area contributed by atoms with Gasteiger partial charge in [0.2, 0.25) is 5.91 Å². The molecule has 0 radical (unpaired) electrons.